The van der Waals surface area contributed by atoms with E-state index < -0.39 is 0 Å². The lowest BCUT2D eigenvalue weighted by Gasteiger charge is -2.33. The zero-order chi connectivity index (χ0) is 13.0. The molecule has 1 aromatic carbocycles. The van der Waals surface area contributed by atoms with Gasteiger partial charge in [-0.05, 0) is 25.3 Å². The van der Waals surface area contributed by atoms with Gasteiger partial charge in [0.1, 0.15) is 0 Å². The van der Waals surface area contributed by atoms with E-state index in [9.17, 15) is 0 Å². The molecule has 0 saturated carbocycles. The molecule has 0 aliphatic carbocycles. The number of aryl methyl sites for hydroxylation is 1. The van der Waals surface area contributed by atoms with Crippen LogP contribution in [0.4, 0.5) is 0 Å². The summed E-state index contributed by atoms with van der Waals surface area (Å²) in [4.78, 5) is 0. The maximum Gasteiger partial charge on any atom is 0.0512 e. The van der Waals surface area contributed by atoms with Crippen molar-refractivity contribution in [1.29, 1.82) is 0 Å². The lowest BCUT2D eigenvalue weighted by molar-refractivity contribution is 0.0300. The van der Waals surface area contributed by atoms with Gasteiger partial charge in [-0.1, -0.05) is 43.7 Å². The fourth-order valence-corrected chi connectivity index (χ4v) is 2.67. The Labute approximate surface area is 111 Å². The van der Waals surface area contributed by atoms with Gasteiger partial charge in [0.2, 0.25) is 0 Å². The normalized spacial score (nSPS) is 24.4. The van der Waals surface area contributed by atoms with Gasteiger partial charge in [-0.2, -0.15) is 0 Å². The van der Waals surface area contributed by atoms with Crippen molar-refractivity contribution in [3.05, 3.63) is 35.4 Å². The summed E-state index contributed by atoms with van der Waals surface area (Å²) in [6.45, 7) is 8.36. The van der Waals surface area contributed by atoms with E-state index in [-0.39, 0.29) is 0 Å². The van der Waals surface area contributed by atoms with Crippen LogP contribution in [-0.2, 0) is 11.2 Å². The fraction of sp³-hybridized carbons (Fsp3) is 0.625. The fourth-order valence-electron chi connectivity index (χ4n) is 2.67. The molecule has 1 heterocycles. The molecule has 2 heteroatoms. The molecule has 100 valence electrons. The van der Waals surface area contributed by atoms with Crippen LogP contribution in [0.5, 0.6) is 0 Å². The van der Waals surface area contributed by atoms with Crippen molar-refractivity contribution in [2.24, 2.45) is 5.92 Å². The average molecular weight is 247 g/mol. The predicted molar refractivity (Wildman–Crippen MR) is 75.9 cm³/mol. The Bertz CT molecular complexity index is 358. The zero-order valence-corrected chi connectivity index (χ0v) is 11.8. The highest BCUT2D eigenvalue weighted by molar-refractivity contribution is 5.22. The molecule has 2 atom stereocenters. The molecule has 1 saturated heterocycles. The highest BCUT2D eigenvalue weighted by atomic mass is 16.5. The number of nitrogens with one attached hydrogen (secondary N) is 1. The summed E-state index contributed by atoms with van der Waals surface area (Å²) in [5, 5.41) is 3.68. The Morgan fingerprint density at radius 1 is 1.28 bits per heavy atom. The third-order valence-corrected chi connectivity index (χ3v) is 3.64. The summed E-state index contributed by atoms with van der Waals surface area (Å²) in [7, 11) is 0. The lowest BCUT2D eigenvalue weighted by atomic mass is 9.89. The van der Waals surface area contributed by atoms with Gasteiger partial charge in [0.05, 0.1) is 6.61 Å². The Hall–Kier alpha value is -0.860. The molecule has 0 spiro atoms. The van der Waals surface area contributed by atoms with Crippen LogP contribution < -0.4 is 5.32 Å². The molecule has 18 heavy (non-hydrogen) atoms. The van der Waals surface area contributed by atoms with E-state index in [4.69, 9.17) is 4.74 Å². The summed E-state index contributed by atoms with van der Waals surface area (Å²) >= 11 is 0. The van der Waals surface area contributed by atoms with Gasteiger partial charge in [-0.25, -0.2) is 0 Å². The minimum absolute atomic E-state index is 0.550. The number of hydrogen-bond acceptors (Lipinski definition) is 2. The number of hydrogen-bond donors (Lipinski definition) is 1. The third-order valence-electron chi connectivity index (χ3n) is 3.64. The molecular weight excluding hydrogens is 222 g/mol. The Morgan fingerprint density at radius 2 is 2.00 bits per heavy atom. The molecule has 1 aromatic rings. The topological polar surface area (TPSA) is 21.3 Å². The molecule has 0 unspecified atom stereocenters. The number of rotatable bonds is 4. The molecule has 0 aromatic heterocycles. The van der Waals surface area contributed by atoms with E-state index in [2.05, 4.69) is 50.4 Å². The minimum atomic E-state index is 0.550. The van der Waals surface area contributed by atoms with Crippen LogP contribution in [0.15, 0.2) is 24.3 Å². The van der Waals surface area contributed by atoms with Gasteiger partial charge in [0.25, 0.3) is 0 Å². The van der Waals surface area contributed by atoms with Crippen LogP contribution in [0.1, 0.15) is 31.4 Å². The molecule has 0 amide bonds. The van der Waals surface area contributed by atoms with E-state index >= 15 is 0 Å². The van der Waals surface area contributed by atoms with Crippen molar-refractivity contribution < 1.29 is 4.74 Å². The highest BCUT2D eigenvalue weighted by Crippen LogP contribution is 2.20. The first-order chi connectivity index (χ1) is 8.65. The van der Waals surface area contributed by atoms with Gasteiger partial charge in [0.15, 0.2) is 0 Å². The molecule has 1 fully saturated rings. The van der Waals surface area contributed by atoms with Gasteiger partial charge in [-0.3, -0.25) is 0 Å². The van der Waals surface area contributed by atoms with Crippen LogP contribution >= 0.6 is 0 Å². The summed E-state index contributed by atoms with van der Waals surface area (Å²) in [6, 6.07) is 10.0. The largest absolute Gasteiger partial charge is 0.381 e. The SMILES string of the molecule is Cc1ccc(C[C@H]2COCC[C@H]2NC(C)C)cc1. The van der Waals surface area contributed by atoms with Crippen molar-refractivity contribution in [1.82, 2.24) is 5.32 Å². The first-order valence-electron chi connectivity index (χ1n) is 7.04. The summed E-state index contributed by atoms with van der Waals surface area (Å²) in [6.07, 6.45) is 2.25. The van der Waals surface area contributed by atoms with Gasteiger partial charge in [0, 0.05) is 24.6 Å². The first-order valence-corrected chi connectivity index (χ1v) is 7.04. The number of ether oxygens (including phenoxy) is 1. The maximum absolute atomic E-state index is 5.65. The second-order valence-electron chi connectivity index (χ2n) is 5.74. The van der Waals surface area contributed by atoms with Crippen molar-refractivity contribution >= 4 is 0 Å². The Balaban J connectivity index is 1.98. The van der Waals surface area contributed by atoms with Crippen molar-refractivity contribution in [2.75, 3.05) is 13.2 Å². The molecule has 0 radical (unpaired) electrons. The van der Waals surface area contributed by atoms with Crippen LogP contribution in [0.2, 0.25) is 0 Å². The van der Waals surface area contributed by atoms with E-state index in [1.54, 1.807) is 0 Å². The van der Waals surface area contributed by atoms with E-state index in [1.807, 2.05) is 0 Å². The summed E-state index contributed by atoms with van der Waals surface area (Å²) in [5.74, 6) is 0.601. The predicted octanol–water partition coefficient (Wildman–Crippen LogP) is 2.94. The highest BCUT2D eigenvalue weighted by Gasteiger charge is 2.26. The van der Waals surface area contributed by atoms with Crippen molar-refractivity contribution in [3.8, 4) is 0 Å². The van der Waals surface area contributed by atoms with Crippen LogP contribution in [0.25, 0.3) is 0 Å². The molecular formula is C16H25NO. The second-order valence-corrected chi connectivity index (χ2v) is 5.74. The lowest BCUT2D eigenvalue weighted by Crippen LogP contribution is -2.46. The van der Waals surface area contributed by atoms with Crippen molar-refractivity contribution in [3.63, 3.8) is 0 Å². The van der Waals surface area contributed by atoms with Crippen molar-refractivity contribution in [2.45, 2.75) is 45.7 Å². The molecule has 1 aliphatic heterocycles. The van der Waals surface area contributed by atoms with Crippen LogP contribution in [0, 0.1) is 12.8 Å². The van der Waals surface area contributed by atoms with Gasteiger partial charge < -0.3 is 10.1 Å². The summed E-state index contributed by atoms with van der Waals surface area (Å²) < 4.78 is 5.65. The second kappa shape index (κ2) is 6.35. The molecule has 2 nitrogen and oxygen atoms in total. The minimum Gasteiger partial charge on any atom is -0.381 e. The number of benzene rings is 1. The maximum atomic E-state index is 5.65. The molecule has 1 N–H and O–H groups in total. The zero-order valence-electron chi connectivity index (χ0n) is 11.8. The van der Waals surface area contributed by atoms with Crippen LogP contribution in [0.3, 0.4) is 0 Å². The smallest absolute Gasteiger partial charge is 0.0512 e. The third kappa shape index (κ3) is 3.82. The van der Waals surface area contributed by atoms with E-state index in [0.29, 0.717) is 18.0 Å². The molecule has 2 rings (SSSR count). The molecule has 1 aliphatic rings. The first kappa shape index (κ1) is 13.6. The summed E-state index contributed by atoms with van der Waals surface area (Å²) in [5.41, 5.74) is 2.75. The quantitative estimate of drug-likeness (QED) is 0.883. The average Bonchev–Trinajstić information content (AvgIpc) is 2.34. The van der Waals surface area contributed by atoms with Crippen LogP contribution in [-0.4, -0.2) is 25.3 Å². The Morgan fingerprint density at radius 3 is 2.67 bits per heavy atom. The van der Waals surface area contributed by atoms with E-state index in [1.165, 1.54) is 11.1 Å². The van der Waals surface area contributed by atoms with Gasteiger partial charge in [-0.15, -0.1) is 0 Å². The van der Waals surface area contributed by atoms with E-state index in [0.717, 1.165) is 26.1 Å². The van der Waals surface area contributed by atoms with Gasteiger partial charge >= 0.3 is 0 Å². The molecule has 0 bridgehead atoms. The Kier molecular flexibility index (Phi) is 4.79. The standard InChI is InChI=1S/C16H25NO/c1-12(2)17-16-8-9-18-11-15(16)10-14-6-4-13(3)5-7-14/h4-7,12,15-17H,8-11H2,1-3H3/t15-,16+/m0/s1. The monoisotopic (exact) mass is 247 g/mol.